The molecule has 1 aromatic heterocycles. The first-order valence-electron chi connectivity index (χ1n) is 11.2. The number of ether oxygens (including phenoxy) is 1. The summed E-state index contributed by atoms with van der Waals surface area (Å²) in [6.07, 6.45) is 5.97. The molecular formula is C27H27N3O4. The Balaban J connectivity index is 1.29. The van der Waals surface area contributed by atoms with Gasteiger partial charge in [0.15, 0.2) is 0 Å². The zero-order valence-electron chi connectivity index (χ0n) is 18.6. The van der Waals surface area contributed by atoms with E-state index in [1.807, 2.05) is 60.7 Å². The summed E-state index contributed by atoms with van der Waals surface area (Å²) < 4.78 is 5.86. The SMILES string of the molecule is O=C(C[C@@H]1C=C[C@H](NC(=O)Cc2cccnc2)[C@@H](CO)O1)Nc1ccc(-c2ccccc2)cc1. The van der Waals surface area contributed by atoms with E-state index in [0.29, 0.717) is 5.69 Å². The molecule has 174 valence electrons. The molecule has 0 fully saturated rings. The predicted molar refractivity (Wildman–Crippen MR) is 130 cm³/mol. The maximum Gasteiger partial charge on any atom is 0.227 e. The van der Waals surface area contributed by atoms with Crippen LogP contribution >= 0.6 is 0 Å². The number of aromatic nitrogens is 1. The first-order valence-corrected chi connectivity index (χ1v) is 11.2. The molecule has 7 nitrogen and oxygen atoms in total. The minimum atomic E-state index is -0.634. The van der Waals surface area contributed by atoms with Crippen LogP contribution in [0.25, 0.3) is 11.1 Å². The van der Waals surface area contributed by atoms with Crippen LogP contribution in [0.2, 0.25) is 0 Å². The molecule has 4 rings (SSSR count). The standard InChI is InChI=1S/C27H27N3O4/c31-18-25-24(30-26(32)15-19-5-4-14-28-17-19)13-12-23(34-25)16-27(33)29-22-10-8-21(9-11-22)20-6-2-1-3-7-20/h1-14,17,23-25,31H,15-16,18H2,(H,29,33)(H,30,32)/t23-,24-,25+/m0/s1. The van der Waals surface area contributed by atoms with Crippen molar-refractivity contribution in [1.29, 1.82) is 0 Å². The lowest BCUT2D eigenvalue weighted by atomic mass is 10.0. The summed E-state index contributed by atoms with van der Waals surface area (Å²) in [7, 11) is 0. The van der Waals surface area contributed by atoms with Crippen LogP contribution in [0.4, 0.5) is 5.69 Å². The van der Waals surface area contributed by atoms with Crippen molar-refractivity contribution in [3.63, 3.8) is 0 Å². The van der Waals surface area contributed by atoms with Crippen LogP contribution in [0.1, 0.15) is 12.0 Å². The van der Waals surface area contributed by atoms with Gasteiger partial charge in [0, 0.05) is 18.1 Å². The monoisotopic (exact) mass is 457 g/mol. The Hall–Kier alpha value is -3.81. The maximum absolute atomic E-state index is 12.5. The lowest BCUT2D eigenvalue weighted by Crippen LogP contribution is -2.49. The van der Waals surface area contributed by atoms with E-state index in [1.165, 1.54) is 0 Å². The van der Waals surface area contributed by atoms with Gasteiger partial charge in [0.05, 0.1) is 31.6 Å². The van der Waals surface area contributed by atoms with E-state index in [9.17, 15) is 14.7 Å². The highest BCUT2D eigenvalue weighted by Crippen LogP contribution is 2.22. The fourth-order valence-corrected chi connectivity index (χ4v) is 3.83. The molecule has 3 aromatic rings. The number of anilines is 1. The van der Waals surface area contributed by atoms with Crippen molar-refractivity contribution in [2.75, 3.05) is 11.9 Å². The van der Waals surface area contributed by atoms with Gasteiger partial charge in [-0.25, -0.2) is 0 Å². The van der Waals surface area contributed by atoms with Crippen molar-refractivity contribution in [2.24, 2.45) is 0 Å². The van der Waals surface area contributed by atoms with Gasteiger partial charge in [0.1, 0.15) is 6.10 Å². The molecule has 0 spiro atoms. The summed E-state index contributed by atoms with van der Waals surface area (Å²) in [6.45, 7) is -0.277. The number of pyridine rings is 1. The summed E-state index contributed by atoms with van der Waals surface area (Å²) in [5, 5.41) is 15.5. The average Bonchev–Trinajstić information content (AvgIpc) is 2.86. The van der Waals surface area contributed by atoms with E-state index in [4.69, 9.17) is 4.74 Å². The van der Waals surface area contributed by atoms with Gasteiger partial charge >= 0.3 is 0 Å². The van der Waals surface area contributed by atoms with E-state index >= 15 is 0 Å². The van der Waals surface area contributed by atoms with Crippen molar-refractivity contribution in [3.8, 4) is 11.1 Å². The Morgan fingerprint density at radius 1 is 0.912 bits per heavy atom. The van der Waals surface area contributed by atoms with Crippen molar-refractivity contribution < 1.29 is 19.4 Å². The van der Waals surface area contributed by atoms with Crippen molar-refractivity contribution in [1.82, 2.24) is 10.3 Å². The van der Waals surface area contributed by atoms with Crippen LogP contribution in [0, 0.1) is 0 Å². The fraction of sp³-hybridized carbons (Fsp3) is 0.222. The van der Waals surface area contributed by atoms with Gasteiger partial charge in [-0.15, -0.1) is 0 Å². The first-order chi connectivity index (χ1) is 16.6. The number of hydrogen-bond acceptors (Lipinski definition) is 5. The zero-order chi connectivity index (χ0) is 23.8. The van der Waals surface area contributed by atoms with Crippen LogP contribution in [0.3, 0.4) is 0 Å². The quantitative estimate of drug-likeness (QED) is 0.451. The average molecular weight is 458 g/mol. The second-order valence-corrected chi connectivity index (χ2v) is 8.11. The van der Waals surface area contributed by atoms with E-state index in [2.05, 4.69) is 15.6 Å². The topological polar surface area (TPSA) is 101 Å². The number of rotatable bonds is 8. The van der Waals surface area contributed by atoms with Crippen molar-refractivity contribution >= 4 is 17.5 Å². The third kappa shape index (κ3) is 6.37. The molecule has 34 heavy (non-hydrogen) atoms. The molecule has 1 aliphatic heterocycles. The van der Waals surface area contributed by atoms with Gasteiger partial charge in [0.2, 0.25) is 11.8 Å². The van der Waals surface area contributed by atoms with Crippen LogP contribution in [0.5, 0.6) is 0 Å². The third-order valence-corrected chi connectivity index (χ3v) is 5.54. The highest BCUT2D eigenvalue weighted by atomic mass is 16.5. The minimum Gasteiger partial charge on any atom is -0.394 e. The molecule has 1 aliphatic rings. The predicted octanol–water partition coefficient (Wildman–Crippen LogP) is 3.12. The maximum atomic E-state index is 12.5. The Morgan fingerprint density at radius 2 is 1.68 bits per heavy atom. The number of aliphatic hydroxyl groups excluding tert-OH is 1. The molecule has 7 heteroatoms. The van der Waals surface area contributed by atoms with Gasteiger partial charge in [-0.05, 0) is 34.9 Å². The van der Waals surface area contributed by atoms with Gasteiger partial charge < -0.3 is 20.5 Å². The summed E-state index contributed by atoms with van der Waals surface area (Å²) in [4.78, 5) is 28.9. The number of aliphatic hydroxyl groups is 1. The molecule has 0 saturated heterocycles. The molecule has 0 aliphatic carbocycles. The van der Waals surface area contributed by atoms with E-state index in [0.717, 1.165) is 16.7 Å². The van der Waals surface area contributed by atoms with Crippen LogP contribution in [-0.4, -0.2) is 46.8 Å². The molecule has 2 heterocycles. The Labute approximate surface area is 198 Å². The van der Waals surface area contributed by atoms with E-state index < -0.39 is 18.2 Å². The fourth-order valence-electron chi connectivity index (χ4n) is 3.83. The molecule has 0 bridgehead atoms. The number of carbonyl (C=O) groups excluding carboxylic acids is 2. The minimum absolute atomic E-state index is 0.101. The molecule has 0 unspecified atom stereocenters. The molecule has 2 aromatic carbocycles. The Morgan fingerprint density at radius 3 is 2.38 bits per heavy atom. The van der Waals surface area contributed by atoms with Gasteiger partial charge in [-0.1, -0.05) is 60.7 Å². The number of hydrogen-bond donors (Lipinski definition) is 3. The van der Waals surface area contributed by atoms with Gasteiger partial charge in [-0.2, -0.15) is 0 Å². The number of carbonyl (C=O) groups is 2. The Kier molecular flexibility index (Phi) is 7.80. The second-order valence-electron chi connectivity index (χ2n) is 8.11. The summed E-state index contributed by atoms with van der Waals surface area (Å²) in [5.41, 5.74) is 3.68. The zero-order valence-corrected chi connectivity index (χ0v) is 18.6. The van der Waals surface area contributed by atoms with Crippen LogP contribution in [0.15, 0.2) is 91.3 Å². The van der Waals surface area contributed by atoms with Gasteiger partial charge in [-0.3, -0.25) is 14.6 Å². The lowest BCUT2D eigenvalue weighted by molar-refractivity contribution is -0.125. The first kappa shape index (κ1) is 23.4. The second kappa shape index (κ2) is 11.4. The molecule has 3 N–H and O–H groups in total. The van der Waals surface area contributed by atoms with E-state index in [-0.39, 0.29) is 31.3 Å². The number of amides is 2. The number of benzene rings is 2. The summed E-state index contributed by atoms with van der Waals surface area (Å²) >= 11 is 0. The molecule has 0 saturated carbocycles. The summed E-state index contributed by atoms with van der Waals surface area (Å²) in [5.74, 6) is -0.391. The smallest absolute Gasteiger partial charge is 0.227 e. The van der Waals surface area contributed by atoms with Crippen LogP contribution in [-0.2, 0) is 20.7 Å². The van der Waals surface area contributed by atoms with Crippen molar-refractivity contribution in [2.45, 2.75) is 31.1 Å². The molecule has 2 amide bonds. The highest BCUT2D eigenvalue weighted by Gasteiger charge is 2.29. The molecule has 3 atom stereocenters. The normalized spacial score (nSPS) is 19.4. The Bertz CT molecular complexity index is 1120. The van der Waals surface area contributed by atoms with E-state index in [1.54, 1.807) is 30.6 Å². The number of nitrogens with zero attached hydrogens (tertiary/aromatic N) is 1. The highest BCUT2D eigenvalue weighted by molar-refractivity contribution is 5.91. The third-order valence-electron chi connectivity index (χ3n) is 5.54. The molecular weight excluding hydrogens is 430 g/mol. The van der Waals surface area contributed by atoms with Crippen molar-refractivity contribution in [3.05, 3.63) is 96.8 Å². The van der Waals surface area contributed by atoms with Crippen LogP contribution < -0.4 is 10.6 Å². The molecule has 0 radical (unpaired) electrons. The number of nitrogens with one attached hydrogen (secondary N) is 2. The lowest BCUT2D eigenvalue weighted by Gasteiger charge is -2.31. The largest absolute Gasteiger partial charge is 0.394 e. The summed E-state index contributed by atoms with van der Waals surface area (Å²) in [6, 6.07) is 20.8. The van der Waals surface area contributed by atoms with Gasteiger partial charge in [0.25, 0.3) is 0 Å².